The summed E-state index contributed by atoms with van der Waals surface area (Å²) in [7, 11) is 0. The van der Waals surface area contributed by atoms with E-state index in [1.807, 2.05) is 0 Å². The summed E-state index contributed by atoms with van der Waals surface area (Å²) in [6, 6.07) is 8.98. The lowest BCUT2D eigenvalue weighted by molar-refractivity contribution is -0.384. The van der Waals surface area contributed by atoms with Crippen LogP contribution in [0.2, 0.25) is 0 Å². The number of aromatic nitrogens is 2. The van der Waals surface area contributed by atoms with E-state index in [-0.39, 0.29) is 22.8 Å². The van der Waals surface area contributed by atoms with Crippen molar-refractivity contribution in [3.8, 4) is 17.1 Å². The molecular formula is C17H11N3O5. The average molecular weight is 337 g/mol. The maximum Gasteiger partial charge on any atom is 0.347 e. The van der Waals surface area contributed by atoms with Crippen molar-refractivity contribution in [3.63, 3.8) is 0 Å². The van der Waals surface area contributed by atoms with Gasteiger partial charge in [0, 0.05) is 23.1 Å². The Balaban J connectivity index is 1.93. The van der Waals surface area contributed by atoms with E-state index in [4.69, 9.17) is 4.42 Å². The standard InChI is InChI=1S/C17H11N3O5/c1-8-14(21)5-2-9-6-11(17(22)25-15(8)9)16-18-12-4-3-10(20(23)24)7-13(12)19-16/h2-7,21H,1H3,(H,18,19). The number of nitro groups is 1. The van der Waals surface area contributed by atoms with Gasteiger partial charge in [-0.15, -0.1) is 0 Å². The van der Waals surface area contributed by atoms with E-state index in [0.717, 1.165) is 0 Å². The molecule has 124 valence electrons. The summed E-state index contributed by atoms with van der Waals surface area (Å²) in [5.74, 6) is 0.302. The van der Waals surface area contributed by atoms with Gasteiger partial charge in [-0.25, -0.2) is 9.78 Å². The number of hydrogen-bond donors (Lipinski definition) is 2. The number of benzene rings is 2. The second-order valence-electron chi connectivity index (χ2n) is 5.62. The van der Waals surface area contributed by atoms with Crippen LogP contribution in [0.3, 0.4) is 0 Å². The first-order chi connectivity index (χ1) is 11.9. The first kappa shape index (κ1) is 14.9. The van der Waals surface area contributed by atoms with Gasteiger partial charge in [0.05, 0.1) is 16.0 Å². The number of hydrogen-bond acceptors (Lipinski definition) is 6. The van der Waals surface area contributed by atoms with Crippen LogP contribution in [0.1, 0.15) is 5.56 Å². The number of phenols is 1. The summed E-state index contributed by atoms with van der Waals surface area (Å²) < 4.78 is 5.33. The molecule has 8 heteroatoms. The van der Waals surface area contributed by atoms with Gasteiger partial charge in [-0.1, -0.05) is 0 Å². The summed E-state index contributed by atoms with van der Waals surface area (Å²) in [5, 5.41) is 21.2. The number of nitro benzene ring substituents is 1. The molecule has 2 N–H and O–H groups in total. The zero-order valence-electron chi connectivity index (χ0n) is 12.9. The molecule has 0 fully saturated rings. The molecule has 0 saturated carbocycles. The highest BCUT2D eigenvalue weighted by atomic mass is 16.6. The minimum absolute atomic E-state index is 0.0412. The molecular weight excluding hydrogens is 326 g/mol. The van der Waals surface area contributed by atoms with Gasteiger partial charge in [-0.05, 0) is 31.2 Å². The first-order valence-corrected chi connectivity index (χ1v) is 7.35. The predicted molar refractivity (Wildman–Crippen MR) is 90.6 cm³/mol. The minimum atomic E-state index is -0.616. The normalized spacial score (nSPS) is 11.2. The van der Waals surface area contributed by atoms with E-state index in [1.54, 1.807) is 19.1 Å². The van der Waals surface area contributed by atoms with Gasteiger partial charge in [0.25, 0.3) is 5.69 Å². The van der Waals surface area contributed by atoms with E-state index >= 15 is 0 Å². The molecule has 8 nitrogen and oxygen atoms in total. The second-order valence-corrected chi connectivity index (χ2v) is 5.62. The van der Waals surface area contributed by atoms with Crippen molar-refractivity contribution in [3.05, 3.63) is 62.5 Å². The number of phenolic OH excluding ortho intramolecular Hbond substituents is 1. The molecule has 4 aromatic rings. The Morgan fingerprint density at radius 1 is 1.24 bits per heavy atom. The van der Waals surface area contributed by atoms with Crippen molar-refractivity contribution in [1.82, 2.24) is 9.97 Å². The number of non-ortho nitro benzene ring substituents is 1. The number of aromatic amines is 1. The van der Waals surface area contributed by atoms with Gasteiger partial charge in [-0.2, -0.15) is 0 Å². The molecule has 2 heterocycles. The van der Waals surface area contributed by atoms with Crippen LogP contribution in [0, 0.1) is 17.0 Å². The third-order valence-corrected chi connectivity index (χ3v) is 4.05. The SMILES string of the molecule is Cc1c(O)ccc2cc(-c3nc4ccc([N+](=O)[O-])cc4[nH]3)c(=O)oc12. The van der Waals surface area contributed by atoms with Crippen LogP contribution in [0.5, 0.6) is 5.75 Å². The third kappa shape index (κ3) is 2.31. The maximum absolute atomic E-state index is 12.3. The summed E-state index contributed by atoms with van der Waals surface area (Å²) in [6.07, 6.45) is 0. The summed E-state index contributed by atoms with van der Waals surface area (Å²) in [6.45, 7) is 1.65. The lowest BCUT2D eigenvalue weighted by atomic mass is 10.1. The molecule has 25 heavy (non-hydrogen) atoms. The number of nitrogens with one attached hydrogen (secondary N) is 1. The number of H-pyrrole nitrogens is 1. The fourth-order valence-electron chi connectivity index (χ4n) is 2.72. The number of nitrogens with zero attached hydrogens (tertiary/aromatic N) is 2. The Labute approximate surface area is 139 Å². The molecule has 0 saturated heterocycles. The molecule has 0 aliphatic heterocycles. The summed E-state index contributed by atoms with van der Waals surface area (Å²) in [4.78, 5) is 29.9. The predicted octanol–water partition coefficient (Wildman–Crippen LogP) is 3.26. The monoisotopic (exact) mass is 337 g/mol. The zero-order valence-corrected chi connectivity index (χ0v) is 12.9. The Kier molecular flexibility index (Phi) is 3.08. The van der Waals surface area contributed by atoms with Crippen molar-refractivity contribution >= 4 is 27.7 Å². The molecule has 0 bridgehead atoms. The number of fused-ring (bicyclic) bond motifs is 2. The van der Waals surface area contributed by atoms with Crippen molar-refractivity contribution < 1.29 is 14.4 Å². The number of imidazole rings is 1. The van der Waals surface area contributed by atoms with Gasteiger partial charge in [0.15, 0.2) is 0 Å². The van der Waals surface area contributed by atoms with E-state index < -0.39 is 10.5 Å². The third-order valence-electron chi connectivity index (χ3n) is 4.05. The molecule has 0 radical (unpaired) electrons. The van der Waals surface area contributed by atoms with E-state index in [2.05, 4.69) is 9.97 Å². The van der Waals surface area contributed by atoms with Gasteiger partial charge in [0.2, 0.25) is 0 Å². The summed E-state index contributed by atoms with van der Waals surface area (Å²) >= 11 is 0. The Morgan fingerprint density at radius 2 is 2.04 bits per heavy atom. The molecule has 0 spiro atoms. The molecule has 0 amide bonds. The molecule has 0 atom stereocenters. The van der Waals surface area contributed by atoms with Crippen LogP contribution >= 0.6 is 0 Å². The molecule has 2 aromatic carbocycles. The second kappa shape index (κ2) is 5.17. The number of aryl methyl sites for hydroxylation is 1. The fourth-order valence-corrected chi connectivity index (χ4v) is 2.72. The molecule has 2 aromatic heterocycles. The highest BCUT2D eigenvalue weighted by Crippen LogP contribution is 2.28. The Morgan fingerprint density at radius 3 is 2.80 bits per heavy atom. The van der Waals surface area contributed by atoms with E-state index in [9.17, 15) is 20.0 Å². The molecule has 0 unspecified atom stereocenters. The Bertz CT molecular complexity index is 1220. The maximum atomic E-state index is 12.3. The lowest BCUT2D eigenvalue weighted by Gasteiger charge is -2.04. The van der Waals surface area contributed by atoms with E-state index in [0.29, 0.717) is 27.6 Å². The van der Waals surface area contributed by atoms with Crippen LogP contribution in [0.4, 0.5) is 5.69 Å². The summed E-state index contributed by atoms with van der Waals surface area (Å²) in [5.41, 5.74) is 1.25. The van der Waals surface area contributed by atoms with Gasteiger partial charge in [-0.3, -0.25) is 10.1 Å². The topological polar surface area (TPSA) is 122 Å². The highest BCUT2D eigenvalue weighted by molar-refractivity contribution is 5.86. The number of aromatic hydroxyl groups is 1. The van der Waals surface area contributed by atoms with Crippen molar-refractivity contribution in [2.45, 2.75) is 6.92 Å². The molecule has 0 aliphatic carbocycles. The fraction of sp³-hybridized carbons (Fsp3) is 0.0588. The highest BCUT2D eigenvalue weighted by Gasteiger charge is 2.15. The van der Waals surface area contributed by atoms with Crippen LogP contribution < -0.4 is 5.63 Å². The van der Waals surface area contributed by atoms with Crippen molar-refractivity contribution in [2.24, 2.45) is 0 Å². The van der Waals surface area contributed by atoms with Crippen molar-refractivity contribution in [1.29, 1.82) is 0 Å². The lowest BCUT2D eigenvalue weighted by Crippen LogP contribution is -2.04. The van der Waals surface area contributed by atoms with Crippen molar-refractivity contribution in [2.75, 3.05) is 0 Å². The Hall–Kier alpha value is -3.68. The first-order valence-electron chi connectivity index (χ1n) is 7.35. The zero-order chi connectivity index (χ0) is 17.7. The van der Waals surface area contributed by atoms with Gasteiger partial charge < -0.3 is 14.5 Å². The van der Waals surface area contributed by atoms with Crippen LogP contribution in [-0.2, 0) is 0 Å². The van der Waals surface area contributed by atoms with Crippen LogP contribution in [-0.4, -0.2) is 20.0 Å². The van der Waals surface area contributed by atoms with Crippen LogP contribution in [0.25, 0.3) is 33.4 Å². The largest absolute Gasteiger partial charge is 0.508 e. The van der Waals surface area contributed by atoms with Gasteiger partial charge in [0.1, 0.15) is 22.7 Å². The van der Waals surface area contributed by atoms with Crippen LogP contribution in [0.15, 0.2) is 45.6 Å². The minimum Gasteiger partial charge on any atom is -0.508 e. The molecule has 0 aliphatic rings. The van der Waals surface area contributed by atoms with E-state index in [1.165, 1.54) is 24.3 Å². The quantitative estimate of drug-likeness (QED) is 0.329. The van der Waals surface area contributed by atoms with Gasteiger partial charge >= 0.3 is 5.63 Å². The average Bonchev–Trinajstić information content (AvgIpc) is 3.01. The number of rotatable bonds is 2. The molecule has 4 rings (SSSR count). The smallest absolute Gasteiger partial charge is 0.347 e.